The van der Waals surface area contributed by atoms with Crippen molar-refractivity contribution in [3.63, 3.8) is 0 Å². The molecule has 1 saturated heterocycles. The lowest BCUT2D eigenvalue weighted by Crippen LogP contribution is -2.53. The number of hydrogen-bond acceptors (Lipinski definition) is 4. The fraction of sp³-hybridized carbons (Fsp3) is 0.889. The number of hydrogen-bond donors (Lipinski definition) is 0. The van der Waals surface area contributed by atoms with Gasteiger partial charge in [0.1, 0.15) is 6.61 Å². The summed E-state index contributed by atoms with van der Waals surface area (Å²) < 4.78 is 10.9. The normalized spacial score (nSPS) is 46.7. The van der Waals surface area contributed by atoms with Gasteiger partial charge in [0.25, 0.3) is 0 Å². The van der Waals surface area contributed by atoms with Crippen LogP contribution in [0.1, 0.15) is 58.8 Å². The van der Waals surface area contributed by atoms with Gasteiger partial charge in [-0.3, -0.25) is 4.79 Å². The van der Waals surface area contributed by atoms with Crippen LogP contribution >= 0.6 is 15.9 Å². The first-order chi connectivity index (χ1) is 10.7. The molecule has 5 aliphatic rings. The van der Waals surface area contributed by atoms with Gasteiger partial charge >= 0.3 is 11.9 Å². The summed E-state index contributed by atoms with van der Waals surface area (Å²) in [4.78, 5) is 24.4. The second-order valence-electron chi connectivity index (χ2n) is 9.25. The molecular formula is C18H25BrO4. The van der Waals surface area contributed by atoms with Gasteiger partial charge in [-0.25, -0.2) is 4.79 Å². The molecule has 4 aliphatic carbocycles. The minimum atomic E-state index is -0.748. The van der Waals surface area contributed by atoms with E-state index in [2.05, 4.69) is 15.9 Å². The molecule has 4 saturated carbocycles. The molecule has 5 fully saturated rings. The number of esters is 2. The zero-order valence-corrected chi connectivity index (χ0v) is 15.5. The monoisotopic (exact) mass is 384 g/mol. The second kappa shape index (κ2) is 4.96. The molecule has 1 heterocycles. The van der Waals surface area contributed by atoms with Gasteiger partial charge in [0.2, 0.25) is 6.10 Å². The molecule has 128 valence electrons. The quantitative estimate of drug-likeness (QED) is 0.550. The number of rotatable bonds is 3. The lowest BCUT2D eigenvalue weighted by molar-refractivity contribution is -0.167. The van der Waals surface area contributed by atoms with Crippen molar-refractivity contribution in [2.45, 2.75) is 69.2 Å². The Balaban J connectivity index is 1.46. The molecule has 5 rings (SSSR count). The number of halogens is 1. The van der Waals surface area contributed by atoms with Crippen LogP contribution < -0.4 is 0 Å². The highest BCUT2D eigenvalue weighted by atomic mass is 79.9. The smallest absolute Gasteiger partial charge is 0.348 e. The van der Waals surface area contributed by atoms with E-state index in [9.17, 15) is 9.59 Å². The molecule has 4 nitrogen and oxygen atoms in total. The Morgan fingerprint density at radius 2 is 1.91 bits per heavy atom. The van der Waals surface area contributed by atoms with Crippen LogP contribution in [0.25, 0.3) is 0 Å². The molecule has 4 bridgehead atoms. The zero-order chi connectivity index (χ0) is 16.5. The molecule has 0 amide bonds. The fourth-order valence-electron chi connectivity index (χ4n) is 5.96. The average Bonchev–Trinajstić information content (AvgIpc) is 2.62. The van der Waals surface area contributed by atoms with E-state index in [1.807, 2.05) is 13.8 Å². The maximum absolute atomic E-state index is 12.6. The zero-order valence-electron chi connectivity index (χ0n) is 13.9. The van der Waals surface area contributed by atoms with Crippen molar-refractivity contribution >= 4 is 27.9 Å². The molecule has 2 unspecified atom stereocenters. The molecular weight excluding hydrogens is 360 g/mol. The molecule has 0 spiro atoms. The van der Waals surface area contributed by atoms with E-state index in [1.54, 1.807) is 0 Å². The van der Waals surface area contributed by atoms with E-state index in [0.717, 1.165) is 31.1 Å². The lowest BCUT2D eigenvalue weighted by atomic mass is 9.49. The minimum absolute atomic E-state index is 0.0807. The van der Waals surface area contributed by atoms with Crippen LogP contribution in [-0.2, 0) is 19.1 Å². The third-order valence-electron chi connectivity index (χ3n) is 6.39. The number of ether oxygens (including phenoxy) is 2. The summed E-state index contributed by atoms with van der Waals surface area (Å²) in [6.45, 7) is 4.14. The minimum Gasteiger partial charge on any atom is -0.462 e. The third kappa shape index (κ3) is 2.73. The molecule has 1 aliphatic heterocycles. The summed E-state index contributed by atoms with van der Waals surface area (Å²) in [6.07, 6.45) is 6.89. The van der Waals surface area contributed by atoms with E-state index in [-0.39, 0.29) is 15.7 Å². The molecule has 23 heavy (non-hydrogen) atoms. The third-order valence-corrected chi connectivity index (χ3v) is 7.32. The van der Waals surface area contributed by atoms with Gasteiger partial charge in [-0.1, -0.05) is 29.8 Å². The Bertz CT molecular complexity index is 541. The summed E-state index contributed by atoms with van der Waals surface area (Å²) in [5, 5.41) is 0. The molecule has 0 radical (unpaired) electrons. The summed E-state index contributed by atoms with van der Waals surface area (Å²) in [5.41, 5.74) is -0.345. The van der Waals surface area contributed by atoms with Gasteiger partial charge in [0, 0.05) is 9.74 Å². The van der Waals surface area contributed by atoms with Crippen molar-refractivity contribution in [3.05, 3.63) is 0 Å². The highest BCUT2D eigenvalue weighted by Crippen LogP contribution is 2.65. The van der Waals surface area contributed by atoms with E-state index < -0.39 is 17.5 Å². The van der Waals surface area contributed by atoms with Gasteiger partial charge in [-0.05, 0) is 55.8 Å². The predicted molar refractivity (Wildman–Crippen MR) is 88.0 cm³/mol. The van der Waals surface area contributed by atoms with Gasteiger partial charge in [0.15, 0.2) is 0 Å². The summed E-state index contributed by atoms with van der Waals surface area (Å²) in [7, 11) is 0. The Morgan fingerprint density at radius 1 is 1.26 bits per heavy atom. The predicted octanol–water partition coefficient (Wildman–Crippen LogP) is 3.61. The topological polar surface area (TPSA) is 52.6 Å². The van der Waals surface area contributed by atoms with Crippen molar-refractivity contribution in [1.29, 1.82) is 0 Å². The maximum Gasteiger partial charge on any atom is 0.348 e. The van der Waals surface area contributed by atoms with Gasteiger partial charge < -0.3 is 9.47 Å². The van der Waals surface area contributed by atoms with Gasteiger partial charge in [-0.15, -0.1) is 0 Å². The molecule has 3 atom stereocenters. The van der Waals surface area contributed by atoms with Crippen molar-refractivity contribution in [2.24, 2.45) is 22.7 Å². The van der Waals surface area contributed by atoms with Crippen LogP contribution in [0.5, 0.6) is 0 Å². The van der Waals surface area contributed by atoms with Crippen LogP contribution in [0.4, 0.5) is 0 Å². The fourth-order valence-corrected chi connectivity index (χ4v) is 7.47. The Hall–Kier alpha value is -0.580. The Labute approximate surface area is 145 Å². The first kappa shape index (κ1) is 15.9. The highest BCUT2D eigenvalue weighted by molar-refractivity contribution is 9.10. The maximum atomic E-state index is 12.6. The number of alkyl halides is 1. The Kier molecular flexibility index (Phi) is 3.44. The van der Waals surface area contributed by atoms with Crippen LogP contribution in [0, 0.1) is 22.7 Å². The molecule has 0 aromatic rings. The molecule has 5 heteroatoms. The largest absolute Gasteiger partial charge is 0.462 e. The first-order valence-corrected chi connectivity index (χ1v) is 9.53. The highest BCUT2D eigenvalue weighted by Gasteiger charge is 2.57. The van der Waals surface area contributed by atoms with Crippen LogP contribution in [0.3, 0.4) is 0 Å². The van der Waals surface area contributed by atoms with E-state index in [0.29, 0.717) is 13.0 Å². The number of cyclic esters (lactones) is 1. The molecule has 0 aromatic heterocycles. The van der Waals surface area contributed by atoms with Crippen LogP contribution in [0.2, 0.25) is 0 Å². The van der Waals surface area contributed by atoms with E-state index >= 15 is 0 Å². The van der Waals surface area contributed by atoms with Crippen molar-refractivity contribution in [1.82, 2.24) is 0 Å². The van der Waals surface area contributed by atoms with Gasteiger partial charge in [-0.2, -0.15) is 0 Å². The van der Waals surface area contributed by atoms with Crippen molar-refractivity contribution in [2.75, 3.05) is 6.61 Å². The molecule has 0 aromatic carbocycles. The van der Waals surface area contributed by atoms with E-state index in [4.69, 9.17) is 9.47 Å². The summed E-state index contributed by atoms with van der Waals surface area (Å²) >= 11 is 3.97. The first-order valence-electron chi connectivity index (χ1n) is 8.74. The van der Waals surface area contributed by atoms with Crippen LogP contribution in [-0.4, -0.2) is 29.0 Å². The summed E-state index contributed by atoms with van der Waals surface area (Å²) in [5.74, 6) is 0.874. The Morgan fingerprint density at radius 3 is 2.43 bits per heavy atom. The van der Waals surface area contributed by atoms with Crippen molar-refractivity contribution in [3.8, 4) is 0 Å². The van der Waals surface area contributed by atoms with Gasteiger partial charge in [0.05, 0.1) is 6.42 Å². The van der Waals surface area contributed by atoms with Crippen LogP contribution in [0.15, 0.2) is 0 Å². The average molecular weight is 385 g/mol. The van der Waals surface area contributed by atoms with E-state index in [1.165, 1.54) is 19.3 Å². The number of carbonyl (C=O) groups excluding carboxylic acids is 2. The second-order valence-corrected chi connectivity index (χ2v) is 10.9. The standard InChI is InChI=1S/C18H25BrO4/c1-16(2)10-22-15(21)14(16)23-13(20)8-17-4-11-3-12(5-17)7-18(19,6-11)9-17/h11-12,14H,3-10H2,1-2H3/t11?,12?,14-,17?,18?/m0/s1. The number of carbonyl (C=O) groups is 2. The molecule has 0 N–H and O–H groups in total. The lowest BCUT2D eigenvalue weighted by Gasteiger charge is -2.60. The SMILES string of the molecule is CC1(C)COC(=O)[C@@H]1OC(=O)CC12CC3CC(CC(Br)(C3)C1)C2. The van der Waals surface area contributed by atoms with Crippen molar-refractivity contribution < 1.29 is 19.1 Å². The summed E-state index contributed by atoms with van der Waals surface area (Å²) in [6, 6.07) is 0.